The molecule has 0 bridgehead atoms. The SMILES string of the molecule is CCCc1ccc(C2(C)NC(=O)N(CC(=O)N(C)CCC#N)C2=O)cc1. The molecule has 0 saturated carbocycles. The Balaban J connectivity index is 2.14. The van der Waals surface area contributed by atoms with Crippen molar-refractivity contribution in [1.82, 2.24) is 15.1 Å². The Bertz CT molecular complexity index is 738. The van der Waals surface area contributed by atoms with Crippen molar-refractivity contribution in [3.63, 3.8) is 0 Å². The van der Waals surface area contributed by atoms with E-state index < -0.39 is 17.5 Å². The number of carbonyl (C=O) groups is 3. The van der Waals surface area contributed by atoms with Crippen LogP contribution in [0.15, 0.2) is 24.3 Å². The highest BCUT2D eigenvalue weighted by Gasteiger charge is 2.49. The molecule has 1 fully saturated rings. The molecule has 0 spiro atoms. The minimum Gasteiger partial charge on any atom is -0.343 e. The Morgan fingerprint density at radius 1 is 1.31 bits per heavy atom. The summed E-state index contributed by atoms with van der Waals surface area (Å²) in [7, 11) is 1.55. The Kier molecular flexibility index (Phi) is 5.98. The van der Waals surface area contributed by atoms with Crippen molar-refractivity contribution < 1.29 is 14.4 Å². The third kappa shape index (κ3) is 3.85. The molecule has 7 nitrogen and oxygen atoms in total. The predicted octanol–water partition coefficient (Wildman–Crippen LogP) is 1.78. The monoisotopic (exact) mass is 356 g/mol. The van der Waals surface area contributed by atoms with E-state index in [1.54, 1.807) is 14.0 Å². The van der Waals surface area contributed by atoms with Gasteiger partial charge in [0.05, 0.1) is 12.5 Å². The first kappa shape index (κ1) is 19.4. The van der Waals surface area contributed by atoms with Gasteiger partial charge in [0, 0.05) is 13.6 Å². The maximum Gasteiger partial charge on any atom is 0.325 e. The number of amides is 4. The fourth-order valence-corrected chi connectivity index (χ4v) is 2.93. The number of nitriles is 1. The number of imide groups is 1. The molecular weight excluding hydrogens is 332 g/mol. The number of hydrogen-bond acceptors (Lipinski definition) is 4. The van der Waals surface area contributed by atoms with Gasteiger partial charge in [0.2, 0.25) is 5.91 Å². The lowest BCUT2D eigenvalue weighted by Gasteiger charge is -2.23. The van der Waals surface area contributed by atoms with Crippen LogP contribution in [0.2, 0.25) is 0 Å². The minimum absolute atomic E-state index is 0.199. The van der Waals surface area contributed by atoms with Crippen LogP contribution in [0.25, 0.3) is 0 Å². The summed E-state index contributed by atoms with van der Waals surface area (Å²) in [6.45, 7) is 3.66. The van der Waals surface area contributed by atoms with Gasteiger partial charge in [0.1, 0.15) is 12.1 Å². The van der Waals surface area contributed by atoms with Crippen LogP contribution < -0.4 is 5.32 Å². The molecule has 1 N–H and O–H groups in total. The Morgan fingerprint density at radius 2 is 1.96 bits per heavy atom. The molecular formula is C19H24N4O3. The molecule has 7 heteroatoms. The summed E-state index contributed by atoms with van der Waals surface area (Å²) in [4.78, 5) is 39.6. The van der Waals surface area contributed by atoms with Gasteiger partial charge in [0.25, 0.3) is 5.91 Å². The highest BCUT2D eigenvalue weighted by atomic mass is 16.2. The molecule has 1 heterocycles. The Hall–Kier alpha value is -2.88. The number of nitrogens with one attached hydrogen (secondary N) is 1. The Labute approximate surface area is 153 Å². The molecule has 2 rings (SSSR count). The lowest BCUT2D eigenvalue weighted by Crippen LogP contribution is -2.43. The summed E-state index contributed by atoms with van der Waals surface area (Å²) >= 11 is 0. The van der Waals surface area contributed by atoms with Crippen LogP contribution in [0.5, 0.6) is 0 Å². The van der Waals surface area contributed by atoms with E-state index in [1.165, 1.54) is 10.5 Å². The third-order valence-corrected chi connectivity index (χ3v) is 4.62. The van der Waals surface area contributed by atoms with Gasteiger partial charge in [-0.2, -0.15) is 5.26 Å². The summed E-state index contributed by atoms with van der Waals surface area (Å²) in [6, 6.07) is 8.96. The standard InChI is InChI=1S/C19H24N4O3/c1-4-6-14-7-9-15(10-8-14)19(2)17(25)23(18(26)21-19)13-16(24)22(3)12-5-11-20/h7-10H,4-6,12-13H2,1-3H3,(H,21,26). The third-order valence-electron chi connectivity index (χ3n) is 4.62. The molecule has 138 valence electrons. The van der Waals surface area contributed by atoms with Crippen molar-refractivity contribution >= 4 is 17.8 Å². The molecule has 1 saturated heterocycles. The number of nitrogens with zero attached hydrogens (tertiary/aromatic N) is 3. The number of carbonyl (C=O) groups excluding carboxylic acids is 3. The fourth-order valence-electron chi connectivity index (χ4n) is 2.93. The van der Waals surface area contributed by atoms with Crippen LogP contribution in [0.3, 0.4) is 0 Å². The number of aryl methyl sites for hydroxylation is 1. The molecule has 0 aromatic heterocycles. The van der Waals surface area contributed by atoms with Gasteiger partial charge in [-0.1, -0.05) is 37.6 Å². The van der Waals surface area contributed by atoms with Gasteiger partial charge in [-0.25, -0.2) is 4.79 Å². The number of rotatable bonds is 7. The molecule has 1 aromatic rings. The predicted molar refractivity (Wildman–Crippen MR) is 95.9 cm³/mol. The lowest BCUT2D eigenvalue weighted by atomic mass is 9.91. The van der Waals surface area contributed by atoms with E-state index in [-0.39, 0.29) is 25.4 Å². The zero-order valence-corrected chi connectivity index (χ0v) is 15.4. The first-order valence-corrected chi connectivity index (χ1v) is 8.68. The van der Waals surface area contributed by atoms with Gasteiger partial charge in [-0.05, 0) is 24.5 Å². The zero-order chi connectivity index (χ0) is 19.3. The zero-order valence-electron chi connectivity index (χ0n) is 15.4. The van der Waals surface area contributed by atoms with Crippen molar-refractivity contribution in [2.45, 2.75) is 38.6 Å². The van der Waals surface area contributed by atoms with Crippen molar-refractivity contribution in [3.8, 4) is 6.07 Å². The van der Waals surface area contributed by atoms with E-state index in [2.05, 4.69) is 12.2 Å². The van der Waals surface area contributed by atoms with E-state index >= 15 is 0 Å². The summed E-state index contributed by atoms with van der Waals surface area (Å²) in [5, 5.41) is 11.3. The van der Waals surface area contributed by atoms with Crippen LogP contribution in [-0.2, 0) is 21.5 Å². The summed E-state index contributed by atoms with van der Waals surface area (Å²) in [5.74, 6) is -0.834. The first-order valence-electron chi connectivity index (χ1n) is 8.68. The summed E-state index contributed by atoms with van der Waals surface area (Å²) < 4.78 is 0. The topological polar surface area (TPSA) is 93.5 Å². The molecule has 1 aliphatic rings. The molecule has 0 radical (unpaired) electrons. The average molecular weight is 356 g/mol. The molecule has 1 atom stereocenters. The van der Waals surface area contributed by atoms with Gasteiger partial charge < -0.3 is 10.2 Å². The van der Waals surface area contributed by atoms with Crippen LogP contribution in [0, 0.1) is 11.3 Å². The summed E-state index contributed by atoms with van der Waals surface area (Å²) in [5.41, 5.74) is 0.666. The maximum atomic E-state index is 12.8. The molecule has 1 aromatic carbocycles. The Morgan fingerprint density at radius 3 is 2.54 bits per heavy atom. The van der Waals surface area contributed by atoms with Crippen LogP contribution >= 0.6 is 0 Å². The second-order valence-corrected chi connectivity index (χ2v) is 6.62. The normalized spacial score (nSPS) is 19.2. The van der Waals surface area contributed by atoms with Crippen LogP contribution in [0.1, 0.15) is 37.8 Å². The van der Waals surface area contributed by atoms with Crippen LogP contribution in [-0.4, -0.2) is 47.8 Å². The van der Waals surface area contributed by atoms with Crippen molar-refractivity contribution in [3.05, 3.63) is 35.4 Å². The van der Waals surface area contributed by atoms with Crippen molar-refractivity contribution in [2.24, 2.45) is 0 Å². The first-order chi connectivity index (χ1) is 12.3. The molecule has 4 amide bonds. The number of urea groups is 1. The fraction of sp³-hybridized carbons (Fsp3) is 0.474. The van der Waals surface area contributed by atoms with E-state index in [0.29, 0.717) is 5.56 Å². The highest BCUT2D eigenvalue weighted by molar-refractivity contribution is 6.09. The van der Waals surface area contributed by atoms with E-state index in [9.17, 15) is 14.4 Å². The maximum absolute atomic E-state index is 12.8. The number of hydrogen-bond donors (Lipinski definition) is 1. The molecule has 1 aliphatic heterocycles. The minimum atomic E-state index is -1.19. The van der Waals surface area contributed by atoms with Crippen molar-refractivity contribution in [1.29, 1.82) is 5.26 Å². The van der Waals surface area contributed by atoms with E-state index in [0.717, 1.165) is 17.7 Å². The average Bonchev–Trinajstić information content (AvgIpc) is 2.84. The van der Waals surface area contributed by atoms with E-state index in [4.69, 9.17) is 5.26 Å². The van der Waals surface area contributed by atoms with Crippen LogP contribution in [0.4, 0.5) is 4.79 Å². The largest absolute Gasteiger partial charge is 0.343 e. The number of benzene rings is 1. The quantitative estimate of drug-likeness (QED) is 0.754. The number of likely N-dealkylation sites (N-methyl/N-ethyl adjacent to an activating group) is 1. The molecule has 1 unspecified atom stereocenters. The van der Waals surface area contributed by atoms with Gasteiger partial charge in [0.15, 0.2) is 0 Å². The lowest BCUT2D eigenvalue weighted by molar-refractivity contribution is -0.138. The second-order valence-electron chi connectivity index (χ2n) is 6.62. The van der Waals surface area contributed by atoms with E-state index in [1.807, 2.05) is 30.3 Å². The molecule has 26 heavy (non-hydrogen) atoms. The van der Waals surface area contributed by atoms with Gasteiger partial charge in [-0.15, -0.1) is 0 Å². The second kappa shape index (κ2) is 8.00. The highest BCUT2D eigenvalue weighted by Crippen LogP contribution is 2.29. The van der Waals surface area contributed by atoms with Gasteiger partial charge >= 0.3 is 6.03 Å². The summed E-state index contributed by atoms with van der Waals surface area (Å²) in [6.07, 6.45) is 2.18. The van der Waals surface area contributed by atoms with Gasteiger partial charge in [-0.3, -0.25) is 14.5 Å². The molecule has 0 aliphatic carbocycles. The smallest absolute Gasteiger partial charge is 0.325 e. The van der Waals surface area contributed by atoms with Crippen molar-refractivity contribution in [2.75, 3.05) is 20.1 Å².